The van der Waals surface area contributed by atoms with Gasteiger partial charge in [0.05, 0.1) is 5.56 Å². The number of rotatable bonds is 6. The molecule has 2 amide bonds. The molecule has 3 N–H and O–H groups in total. The fourth-order valence-corrected chi connectivity index (χ4v) is 5.72. The van der Waals surface area contributed by atoms with Gasteiger partial charge in [-0.25, -0.2) is 4.98 Å². The Labute approximate surface area is 177 Å². The third-order valence-electron chi connectivity index (χ3n) is 4.46. The zero-order chi connectivity index (χ0) is 21.7. The Balaban J connectivity index is 2.06. The van der Waals surface area contributed by atoms with Crippen LogP contribution in [0, 0.1) is 13.8 Å². The van der Waals surface area contributed by atoms with Crippen molar-refractivity contribution >= 4 is 27.7 Å². The molecule has 0 saturated carbocycles. The molecule has 7 nitrogen and oxygen atoms in total. The van der Waals surface area contributed by atoms with Gasteiger partial charge in [-0.3, -0.25) is 14.6 Å². The molecule has 0 aliphatic heterocycles. The molecule has 3 aromatic rings. The number of aliphatic hydroxyl groups is 1. The van der Waals surface area contributed by atoms with E-state index in [0.717, 1.165) is 16.0 Å². The highest BCUT2D eigenvalue weighted by Crippen LogP contribution is 2.56. The average molecular weight is 425 g/mol. The summed E-state index contributed by atoms with van der Waals surface area (Å²) in [6.45, 7) is 3.27. The van der Waals surface area contributed by atoms with Crippen molar-refractivity contribution in [3.63, 3.8) is 0 Å². The Hall–Kier alpha value is -3.23. The van der Waals surface area contributed by atoms with Crippen molar-refractivity contribution in [1.82, 2.24) is 14.7 Å². The quantitative estimate of drug-likeness (QED) is 0.564. The van der Waals surface area contributed by atoms with Gasteiger partial charge in [-0.2, -0.15) is 0 Å². The number of aryl methyl sites for hydroxylation is 2. The summed E-state index contributed by atoms with van der Waals surface area (Å²) in [5.74, 6) is -0.871. The molecule has 30 heavy (non-hydrogen) atoms. The summed E-state index contributed by atoms with van der Waals surface area (Å²) in [6.07, 6.45) is 6.64. The minimum atomic E-state index is -2.26. The minimum Gasteiger partial charge on any atom is -0.387 e. The van der Waals surface area contributed by atoms with Crippen LogP contribution in [0.25, 0.3) is 0 Å². The second-order valence-electron chi connectivity index (χ2n) is 6.97. The minimum absolute atomic E-state index is 0.325. The Bertz CT molecular complexity index is 1050. The van der Waals surface area contributed by atoms with Crippen LogP contribution in [-0.2, 0) is 4.79 Å². The van der Waals surface area contributed by atoms with Gasteiger partial charge in [0.2, 0.25) is 0 Å². The van der Waals surface area contributed by atoms with Crippen molar-refractivity contribution in [2.24, 2.45) is 0 Å². The summed E-state index contributed by atoms with van der Waals surface area (Å²) in [5, 5.41) is 12.7. The van der Waals surface area contributed by atoms with Gasteiger partial charge in [0, 0.05) is 29.2 Å². The highest BCUT2D eigenvalue weighted by atomic mass is 32.3. The molecule has 0 radical (unpaired) electrons. The summed E-state index contributed by atoms with van der Waals surface area (Å²) in [5.41, 5.74) is 3.12. The number of nitrogens with zero attached hydrogens (tertiary/aromatic N) is 2. The lowest BCUT2D eigenvalue weighted by molar-refractivity contribution is -0.121. The fourth-order valence-electron chi connectivity index (χ4n) is 3.22. The third kappa shape index (κ3) is 4.67. The average Bonchev–Trinajstić information content (AvgIpc) is 2.73. The van der Waals surface area contributed by atoms with E-state index in [1.165, 1.54) is 0 Å². The second-order valence-corrected chi connectivity index (χ2v) is 9.87. The molecule has 1 unspecified atom stereocenters. The van der Waals surface area contributed by atoms with Crippen LogP contribution in [0.2, 0.25) is 0 Å². The predicted octanol–water partition coefficient (Wildman–Crippen LogP) is 3.22. The van der Waals surface area contributed by atoms with Gasteiger partial charge < -0.3 is 15.1 Å². The number of hydrogen-bond acceptors (Lipinski definition) is 5. The van der Waals surface area contributed by atoms with Gasteiger partial charge in [0.25, 0.3) is 11.8 Å². The van der Waals surface area contributed by atoms with E-state index in [1.54, 1.807) is 42.9 Å². The topological polar surface area (TPSA) is 104 Å². The smallest absolute Gasteiger partial charge is 0.258 e. The van der Waals surface area contributed by atoms with E-state index in [2.05, 4.69) is 20.0 Å². The van der Waals surface area contributed by atoms with Crippen LogP contribution in [0.1, 0.15) is 21.5 Å². The normalized spacial score (nSPS) is 13.7. The zero-order valence-electron chi connectivity index (χ0n) is 17.0. The van der Waals surface area contributed by atoms with Crippen LogP contribution < -0.4 is 10.0 Å². The van der Waals surface area contributed by atoms with Crippen molar-refractivity contribution in [2.45, 2.75) is 23.8 Å². The van der Waals surface area contributed by atoms with Crippen LogP contribution in [0.3, 0.4) is 0 Å². The molecule has 0 aliphatic carbocycles. The Morgan fingerprint density at radius 1 is 1.03 bits per heavy atom. The zero-order valence-corrected chi connectivity index (χ0v) is 17.9. The maximum atomic E-state index is 13.2. The van der Waals surface area contributed by atoms with E-state index in [0.29, 0.717) is 16.3 Å². The first-order valence-electron chi connectivity index (χ1n) is 9.28. The Morgan fingerprint density at radius 2 is 1.70 bits per heavy atom. The SMILES string of the molecule is Cc1cc(C)cc(NC(=O)c2cccnc2S(C)(NC(=O)CO)c2ccncc2)c1. The van der Waals surface area contributed by atoms with Crippen molar-refractivity contribution in [1.29, 1.82) is 0 Å². The van der Waals surface area contributed by atoms with Gasteiger partial charge in [-0.05, 0) is 67.6 Å². The third-order valence-corrected chi connectivity index (χ3v) is 7.41. The monoisotopic (exact) mass is 424 g/mol. The number of benzene rings is 1. The lowest BCUT2D eigenvalue weighted by Crippen LogP contribution is -2.31. The van der Waals surface area contributed by atoms with Gasteiger partial charge in [0.1, 0.15) is 11.6 Å². The molecule has 0 saturated heterocycles. The number of pyridine rings is 2. The molecule has 2 aromatic heterocycles. The number of anilines is 1. The maximum absolute atomic E-state index is 13.2. The van der Waals surface area contributed by atoms with E-state index in [4.69, 9.17) is 0 Å². The number of amides is 2. The molecule has 3 rings (SSSR count). The fraction of sp³-hybridized carbons (Fsp3) is 0.182. The molecular formula is C22H24N4O3S. The van der Waals surface area contributed by atoms with Crippen molar-refractivity contribution in [3.05, 3.63) is 77.7 Å². The molecule has 2 heterocycles. The first-order chi connectivity index (χ1) is 14.3. The standard InChI is InChI=1S/C22H24N4O3S/c1-15-11-16(2)13-17(12-15)25-21(29)19-5-4-8-24-22(19)30(3,26-20(28)14-27)18-6-9-23-10-7-18/h4-13,27H,14H2,1-3H3,(H,25,29)(H,26,28). The number of aromatic nitrogens is 2. The molecule has 0 fully saturated rings. The van der Waals surface area contributed by atoms with E-state index in [9.17, 15) is 14.7 Å². The molecule has 8 heteroatoms. The Morgan fingerprint density at radius 3 is 2.33 bits per heavy atom. The lowest BCUT2D eigenvalue weighted by Gasteiger charge is -2.37. The summed E-state index contributed by atoms with van der Waals surface area (Å²) in [7, 11) is -2.26. The lowest BCUT2D eigenvalue weighted by atomic mass is 10.1. The van der Waals surface area contributed by atoms with E-state index < -0.39 is 22.7 Å². The molecule has 0 bridgehead atoms. The van der Waals surface area contributed by atoms with Crippen LogP contribution in [0.5, 0.6) is 0 Å². The number of aliphatic hydroxyl groups excluding tert-OH is 1. The largest absolute Gasteiger partial charge is 0.387 e. The summed E-state index contributed by atoms with van der Waals surface area (Å²) in [6, 6.07) is 12.7. The van der Waals surface area contributed by atoms with Gasteiger partial charge in [-0.15, -0.1) is 0 Å². The van der Waals surface area contributed by atoms with Gasteiger partial charge >= 0.3 is 0 Å². The molecule has 1 atom stereocenters. The predicted molar refractivity (Wildman–Crippen MR) is 118 cm³/mol. The van der Waals surface area contributed by atoms with Gasteiger partial charge in [-0.1, -0.05) is 16.3 Å². The molecule has 0 spiro atoms. The van der Waals surface area contributed by atoms with Crippen LogP contribution in [0.15, 0.2) is 71.0 Å². The summed E-state index contributed by atoms with van der Waals surface area (Å²) in [4.78, 5) is 34.6. The summed E-state index contributed by atoms with van der Waals surface area (Å²) < 4.78 is 2.88. The van der Waals surface area contributed by atoms with Crippen molar-refractivity contribution < 1.29 is 14.7 Å². The molecular weight excluding hydrogens is 400 g/mol. The van der Waals surface area contributed by atoms with Crippen molar-refractivity contribution in [2.75, 3.05) is 18.2 Å². The first-order valence-corrected chi connectivity index (χ1v) is 11.3. The van der Waals surface area contributed by atoms with E-state index >= 15 is 0 Å². The molecule has 156 valence electrons. The Kier molecular flexibility index (Phi) is 6.49. The highest BCUT2D eigenvalue weighted by molar-refractivity contribution is 8.32. The van der Waals surface area contributed by atoms with Crippen LogP contribution >= 0.6 is 10.2 Å². The van der Waals surface area contributed by atoms with Crippen molar-refractivity contribution in [3.8, 4) is 0 Å². The van der Waals surface area contributed by atoms with Crippen LogP contribution in [0.4, 0.5) is 5.69 Å². The second kappa shape index (κ2) is 9.06. The van der Waals surface area contributed by atoms with E-state index in [1.807, 2.05) is 38.3 Å². The first kappa shape index (κ1) is 21.5. The van der Waals surface area contributed by atoms with Gasteiger partial charge in [0.15, 0.2) is 0 Å². The number of hydrogen-bond donors (Lipinski definition) is 3. The van der Waals surface area contributed by atoms with E-state index in [-0.39, 0.29) is 5.91 Å². The number of nitrogens with one attached hydrogen (secondary N) is 2. The molecule has 0 aliphatic rings. The highest BCUT2D eigenvalue weighted by Gasteiger charge is 2.31. The van der Waals surface area contributed by atoms with Crippen LogP contribution in [-0.4, -0.2) is 39.8 Å². The number of carbonyl (C=O) groups is 2. The summed E-state index contributed by atoms with van der Waals surface area (Å²) >= 11 is 0. The number of carbonyl (C=O) groups excluding carboxylic acids is 2. The maximum Gasteiger partial charge on any atom is 0.258 e. The molecule has 1 aromatic carbocycles.